The number of imide groups is 1. The zero-order chi connectivity index (χ0) is 20.4. The van der Waals surface area contributed by atoms with Crippen LogP contribution in [-0.4, -0.2) is 66.7 Å². The van der Waals surface area contributed by atoms with Gasteiger partial charge in [0, 0.05) is 13.1 Å². The summed E-state index contributed by atoms with van der Waals surface area (Å²) in [5.41, 5.74) is 0.451. The Balaban J connectivity index is 1.39. The number of para-hydroxylation sites is 2. The van der Waals surface area contributed by atoms with Crippen molar-refractivity contribution in [3.63, 3.8) is 0 Å². The highest BCUT2D eigenvalue weighted by Gasteiger charge is 2.50. The molecule has 158 valence electrons. The van der Waals surface area contributed by atoms with Crippen molar-refractivity contribution in [1.29, 1.82) is 0 Å². The van der Waals surface area contributed by atoms with Crippen LogP contribution in [0.4, 0.5) is 10.5 Å². The molecule has 2 fully saturated rings. The lowest BCUT2D eigenvalue weighted by molar-refractivity contribution is -0.133. The molecule has 7 nitrogen and oxygen atoms in total. The molecule has 3 aliphatic rings. The normalized spacial score (nSPS) is 23.8. The molecule has 1 spiro atoms. The summed E-state index contributed by atoms with van der Waals surface area (Å²) in [6.45, 7) is 4.79. The van der Waals surface area contributed by atoms with E-state index in [1.807, 2.05) is 30.1 Å². The number of hydrogen-bond acceptors (Lipinski definition) is 5. The number of fused-ring (bicyclic) bond motifs is 1. The maximum atomic E-state index is 13.1. The highest BCUT2D eigenvalue weighted by Crippen LogP contribution is 2.34. The Morgan fingerprint density at radius 3 is 2.62 bits per heavy atom. The van der Waals surface area contributed by atoms with Crippen molar-refractivity contribution in [2.45, 2.75) is 57.1 Å². The molecule has 2 aliphatic heterocycles. The van der Waals surface area contributed by atoms with E-state index >= 15 is 0 Å². The largest absolute Gasteiger partial charge is 0.485 e. The van der Waals surface area contributed by atoms with E-state index in [1.165, 1.54) is 4.90 Å². The number of nitrogens with one attached hydrogen (secondary N) is 1. The summed E-state index contributed by atoms with van der Waals surface area (Å²) in [5.74, 6) is 0.841. The van der Waals surface area contributed by atoms with Crippen LogP contribution in [0, 0.1) is 0 Å². The molecule has 0 aromatic heterocycles. The molecule has 1 aliphatic carbocycles. The summed E-state index contributed by atoms with van der Waals surface area (Å²) in [4.78, 5) is 31.4. The van der Waals surface area contributed by atoms with Crippen LogP contribution in [-0.2, 0) is 4.79 Å². The van der Waals surface area contributed by atoms with Gasteiger partial charge in [-0.15, -0.1) is 0 Å². The molecule has 7 heteroatoms. The molecule has 29 heavy (non-hydrogen) atoms. The average molecular weight is 401 g/mol. The number of likely N-dealkylation sites (N-methyl/N-ethyl adjacent to an activating group) is 2. The predicted molar refractivity (Wildman–Crippen MR) is 112 cm³/mol. The standard InChI is InChI=1S/C22H32N4O3/c1-3-25-15-17(29-19-11-7-6-10-18(19)25)14-24(2)16-26-20(27)22(23-21(26)28)12-8-4-5-9-13-22/h6-7,10-11,17H,3-5,8-9,12-16H2,1-2H3,(H,23,28). The van der Waals surface area contributed by atoms with Gasteiger partial charge in [-0.25, -0.2) is 9.69 Å². The van der Waals surface area contributed by atoms with Crippen LogP contribution in [0.5, 0.6) is 5.75 Å². The summed E-state index contributed by atoms with van der Waals surface area (Å²) < 4.78 is 6.19. The van der Waals surface area contributed by atoms with Crippen LogP contribution in [0.25, 0.3) is 0 Å². The summed E-state index contributed by atoms with van der Waals surface area (Å²) in [6.07, 6.45) is 5.77. The van der Waals surface area contributed by atoms with Gasteiger partial charge in [0.1, 0.15) is 17.4 Å². The van der Waals surface area contributed by atoms with Crippen molar-refractivity contribution in [1.82, 2.24) is 15.1 Å². The molecule has 1 unspecified atom stereocenters. The van der Waals surface area contributed by atoms with Crippen LogP contribution in [0.3, 0.4) is 0 Å². The molecule has 1 saturated heterocycles. The monoisotopic (exact) mass is 400 g/mol. The van der Waals surface area contributed by atoms with Gasteiger partial charge < -0.3 is 15.0 Å². The van der Waals surface area contributed by atoms with Crippen LogP contribution in [0.15, 0.2) is 24.3 Å². The molecule has 1 aromatic rings. The van der Waals surface area contributed by atoms with Gasteiger partial charge in [0.2, 0.25) is 0 Å². The first-order valence-electron chi connectivity index (χ1n) is 10.9. The Kier molecular flexibility index (Phi) is 5.67. The summed E-state index contributed by atoms with van der Waals surface area (Å²) >= 11 is 0. The number of amides is 3. The van der Waals surface area contributed by atoms with Crippen molar-refractivity contribution in [3.8, 4) is 5.75 Å². The van der Waals surface area contributed by atoms with Gasteiger partial charge >= 0.3 is 6.03 Å². The summed E-state index contributed by atoms with van der Waals surface area (Å²) in [6, 6.07) is 7.83. The van der Waals surface area contributed by atoms with E-state index in [2.05, 4.69) is 23.2 Å². The first kappa shape index (κ1) is 20.0. The number of carbonyl (C=O) groups excluding carboxylic acids is 2. The minimum Gasteiger partial charge on any atom is -0.485 e. The SMILES string of the molecule is CCN1CC(CN(C)CN2C(=O)NC3(CCCCCC3)C2=O)Oc2ccccc21. The van der Waals surface area contributed by atoms with Crippen LogP contribution >= 0.6 is 0 Å². The second-order valence-corrected chi connectivity index (χ2v) is 8.59. The van der Waals surface area contributed by atoms with Gasteiger partial charge in [0.25, 0.3) is 5.91 Å². The number of rotatable bonds is 5. The summed E-state index contributed by atoms with van der Waals surface area (Å²) in [5, 5.41) is 3.02. The number of hydrogen-bond donors (Lipinski definition) is 1. The van der Waals surface area contributed by atoms with E-state index in [1.54, 1.807) is 0 Å². The van der Waals surface area contributed by atoms with Crippen molar-refractivity contribution < 1.29 is 14.3 Å². The van der Waals surface area contributed by atoms with Gasteiger partial charge in [-0.1, -0.05) is 37.8 Å². The molecule has 1 N–H and O–H groups in total. The highest BCUT2D eigenvalue weighted by atomic mass is 16.5. The number of urea groups is 1. The van der Waals surface area contributed by atoms with Gasteiger partial charge in [-0.2, -0.15) is 0 Å². The third kappa shape index (κ3) is 3.92. The average Bonchev–Trinajstić information content (AvgIpc) is 2.87. The second-order valence-electron chi connectivity index (χ2n) is 8.59. The smallest absolute Gasteiger partial charge is 0.326 e. The molecule has 1 aromatic carbocycles. The molecule has 1 saturated carbocycles. The molecule has 4 rings (SSSR count). The lowest BCUT2D eigenvalue weighted by atomic mass is 9.90. The number of carbonyl (C=O) groups is 2. The van der Waals surface area contributed by atoms with E-state index in [0.717, 1.165) is 63.1 Å². The Bertz CT molecular complexity index is 760. The minimum absolute atomic E-state index is 0.0116. The lowest BCUT2D eigenvalue weighted by Gasteiger charge is -2.37. The number of anilines is 1. The Morgan fingerprint density at radius 1 is 1.17 bits per heavy atom. The van der Waals surface area contributed by atoms with Crippen LogP contribution in [0.2, 0.25) is 0 Å². The van der Waals surface area contributed by atoms with Crippen LogP contribution < -0.4 is 15.0 Å². The van der Waals surface area contributed by atoms with E-state index in [0.29, 0.717) is 13.2 Å². The van der Waals surface area contributed by atoms with Gasteiger partial charge in [0.15, 0.2) is 0 Å². The van der Waals surface area contributed by atoms with Crippen molar-refractivity contribution in [2.75, 3.05) is 38.3 Å². The lowest BCUT2D eigenvalue weighted by Crippen LogP contribution is -2.49. The van der Waals surface area contributed by atoms with E-state index in [-0.39, 0.29) is 18.0 Å². The van der Waals surface area contributed by atoms with Crippen molar-refractivity contribution in [2.24, 2.45) is 0 Å². The van der Waals surface area contributed by atoms with Gasteiger partial charge in [-0.05, 0) is 38.9 Å². The maximum absolute atomic E-state index is 13.1. The highest BCUT2D eigenvalue weighted by molar-refractivity contribution is 6.07. The fourth-order valence-corrected chi connectivity index (χ4v) is 4.90. The molecule has 0 bridgehead atoms. The second kappa shape index (κ2) is 8.22. The molecule has 1 atom stereocenters. The zero-order valence-electron chi connectivity index (χ0n) is 17.5. The van der Waals surface area contributed by atoms with E-state index < -0.39 is 5.54 Å². The molecular formula is C22H32N4O3. The molecular weight excluding hydrogens is 368 g/mol. The first-order valence-corrected chi connectivity index (χ1v) is 10.9. The Labute approximate surface area is 173 Å². The quantitative estimate of drug-likeness (QED) is 0.770. The number of benzene rings is 1. The zero-order valence-corrected chi connectivity index (χ0v) is 17.5. The third-order valence-corrected chi connectivity index (χ3v) is 6.41. The molecule has 0 radical (unpaired) electrons. The number of nitrogens with zero attached hydrogens (tertiary/aromatic N) is 3. The topological polar surface area (TPSA) is 65.1 Å². The van der Waals surface area contributed by atoms with Gasteiger partial charge in [0.05, 0.1) is 18.9 Å². The fraction of sp³-hybridized carbons (Fsp3) is 0.636. The van der Waals surface area contributed by atoms with Crippen molar-refractivity contribution >= 4 is 17.6 Å². The van der Waals surface area contributed by atoms with Gasteiger partial charge in [-0.3, -0.25) is 9.69 Å². The molecule has 2 heterocycles. The maximum Gasteiger partial charge on any atom is 0.326 e. The van der Waals surface area contributed by atoms with E-state index in [4.69, 9.17) is 4.74 Å². The minimum atomic E-state index is -0.673. The predicted octanol–water partition coefficient (Wildman–Crippen LogP) is 2.81. The van der Waals surface area contributed by atoms with Crippen molar-refractivity contribution in [3.05, 3.63) is 24.3 Å². The van der Waals surface area contributed by atoms with Crippen LogP contribution in [0.1, 0.15) is 45.4 Å². The number of ether oxygens (including phenoxy) is 1. The van der Waals surface area contributed by atoms with E-state index in [9.17, 15) is 9.59 Å². The first-order chi connectivity index (χ1) is 14.0. The molecule has 3 amide bonds. The third-order valence-electron chi connectivity index (χ3n) is 6.41. The Morgan fingerprint density at radius 2 is 1.90 bits per heavy atom. The summed E-state index contributed by atoms with van der Waals surface area (Å²) in [7, 11) is 1.94. The Hall–Kier alpha value is -2.28. The fourth-order valence-electron chi connectivity index (χ4n) is 4.90.